The molecular weight excluding hydrogens is 765 g/mol. The number of aliphatic hydroxyl groups is 3. The summed E-state index contributed by atoms with van der Waals surface area (Å²) < 4.78 is 17.1. The van der Waals surface area contributed by atoms with Gasteiger partial charge in [-0.2, -0.15) is 30.6 Å². The number of hydrogen-bond donors (Lipinski definition) is 3. The molecular formula is C42H52N14O4. The normalized spacial score (nSPS) is 14.7. The lowest BCUT2D eigenvalue weighted by Crippen LogP contribution is -2.25. The van der Waals surface area contributed by atoms with Gasteiger partial charge in [0.1, 0.15) is 0 Å². The van der Waals surface area contributed by atoms with Crippen LogP contribution in [0.3, 0.4) is 0 Å². The van der Waals surface area contributed by atoms with E-state index in [1.54, 1.807) is 51.8 Å². The van der Waals surface area contributed by atoms with Gasteiger partial charge >= 0.3 is 0 Å². The van der Waals surface area contributed by atoms with E-state index in [2.05, 4.69) is 53.2 Å². The largest absolute Gasteiger partial charge is 0.394 e. The first-order valence-corrected chi connectivity index (χ1v) is 20.5. The summed E-state index contributed by atoms with van der Waals surface area (Å²) in [5.74, 6) is 0.560. The number of hydrogen-bond acceptors (Lipinski definition) is 12. The Bertz CT molecular complexity index is 2650. The number of rotatable bonds is 19. The molecule has 0 amide bonds. The summed E-state index contributed by atoms with van der Waals surface area (Å²) >= 11 is 0. The molecule has 8 aromatic rings. The van der Waals surface area contributed by atoms with Crippen molar-refractivity contribution in [1.29, 1.82) is 0 Å². The van der Waals surface area contributed by atoms with Crippen molar-refractivity contribution in [3.05, 3.63) is 86.5 Å². The molecule has 314 valence electrons. The summed E-state index contributed by atoms with van der Waals surface area (Å²) in [6.45, 7) is 10.7. The van der Waals surface area contributed by atoms with Crippen LogP contribution in [0.15, 0.2) is 86.5 Å². The molecule has 0 aromatic carbocycles. The van der Waals surface area contributed by atoms with Crippen LogP contribution in [-0.4, -0.2) is 116 Å². The van der Waals surface area contributed by atoms with Crippen LogP contribution in [0, 0.1) is 5.92 Å². The van der Waals surface area contributed by atoms with E-state index in [9.17, 15) is 15.3 Å². The summed E-state index contributed by atoms with van der Waals surface area (Å²) in [6.07, 6.45) is 23.7. The minimum Gasteiger partial charge on any atom is -0.394 e. The molecule has 0 saturated heterocycles. The van der Waals surface area contributed by atoms with Gasteiger partial charge in [0.25, 0.3) is 0 Å². The first-order chi connectivity index (χ1) is 29.1. The second-order valence-corrected chi connectivity index (χ2v) is 15.8. The van der Waals surface area contributed by atoms with E-state index in [1.165, 1.54) is 0 Å². The highest BCUT2D eigenvalue weighted by molar-refractivity contribution is 5.79. The average Bonchev–Trinajstić information content (AvgIpc) is 4.11. The van der Waals surface area contributed by atoms with Gasteiger partial charge in [-0.3, -0.25) is 18.7 Å². The van der Waals surface area contributed by atoms with E-state index >= 15 is 0 Å². The molecule has 8 aromatic heterocycles. The highest BCUT2D eigenvalue weighted by Gasteiger charge is 2.21. The third-order valence-corrected chi connectivity index (χ3v) is 11.1. The molecule has 0 radical (unpaired) electrons. The topological polar surface area (TPSA) is 202 Å². The Morgan fingerprint density at radius 3 is 1.70 bits per heavy atom. The van der Waals surface area contributed by atoms with Gasteiger partial charge in [0, 0.05) is 59.7 Å². The van der Waals surface area contributed by atoms with Crippen LogP contribution >= 0.6 is 0 Å². The van der Waals surface area contributed by atoms with Crippen LogP contribution in [-0.2, 0) is 4.74 Å². The molecule has 0 fully saturated rings. The third kappa shape index (κ3) is 8.36. The first kappa shape index (κ1) is 40.7. The smallest absolute Gasteiger partial charge is 0.0999 e. The van der Waals surface area contributed by atoms with E-state index in [0.29, 0.717) is 30.3 Å². The van der Waals surface area contributed by atoms with Gasteiger partial charge in [0.2, 0.25) is 0 Å². The standard InChI is InChI=1S/C42H52N14O4/c1-6-34(53-21-33(17-48-53)42-39-8-11-43-55(39)22-36(49-42)30-14-46-52(18-30)29(5)40(59)25-58)9-12-60-26-35(24-57)54-19-31(15-47-54)37-23-56-38(7-10-44-56)41(50-37)32-16-45-51(20-32)28(4)13-27(2)3/h7-8,10-11,14-23,27-29,34-35,40,57-59H,6,9,12-13,24-26H2,1-5H3/t28-,29+,34?,35?,40-/m1/s1. The summed E-state index contributed by atoms with van der Waals surface area (Å²) in [7, 11) is 0. The van der Waals surface area contributed by atoms with Gasteiger partial charge in [-0.15, -0.1) is 0 Å². The van der Waals surface area contributed by atoms with Crippen LogP contribution in [0.2, 0.25) is 0 Å². The highest BCUT2D eigenvalue weighted by atomic mass is 16.5. The molecule has 8 heterocycles. The maximum atomic E-state index is 10.4. The zero-order valence-electron chi connectivity index (χ0n) is 34.5. The lowest BCUT2D eigenvalue weighted by Gasteiger charge is -2.18. The predicted molar refractivity (Wildman–Crippen MR) is 224 cm³/mol. The fourth-order valence-corrected chi connectivity index (χ4v) is 7.58. The minimum absolute atomic E-state index is 0.0624. The zero-order valence-corrected chi connectivity index (χ0v) is 34.5. The van der Waals surface area contributed by atoms with Gasteiger partial charge in [0.15, 0.2) is 0 Å². The molecule has 2 unspecified atom stereocenters. The van der Waals surface area contributed by atoms with E-state index in [1.807, 2.05) is 69.4 Å². The molecule has 5 atom stereocenters. The van der Waals surface area contributed by atoms with Crippen molar-refractivity contribution in [2.75, 3.05) is 26.4 Å². The van der Waals surface area contributed by atoms with Crippen molar-refractivity contribution in [2.45, 2.75) is 84.2 Å². The van der Waals surface area contributed by atoms with Gasteiger partial charge in [-0.25, -0.2) is 19.0 Å². The van der Waals surface area contributed by atoms with Crippen molar-refractivity contribution in [2.24, 2.45) is 5.92 Å². The molecule has 18 heteroatoms. The monoisotopic (exact) mass is 816 g/mol. The van der Waals surface area contributed by atoms with E-state index in [-0.39, 0.29) is 31.9 Å². The summed E-state index contributed by atoms with van der Waals surface area (Å²) in [5, 5.41) is 57.3. The number of nitrogens with zero attached hydrogens (tertiary/aromatic N) is 14. The average molecular weight is 817 g/mol. The van der Waals surface area contributed by atoms with Crippen LogP contribution in [0.5, 0.6) is 0 Å². The quantitative estimate of drug-likeness (QED) is 0.0887. The molecule has 3 N–H and O–H groups in total. The molecule has 18 nitrogen and oxygen atoms in total. The summed E-state index contributed by atoms with van der Waals surface area (Å²) in [4.78, 5) is 10.0. The molecule has 0 aliphatic rings. The molecule has 0 bridgehead atoms. The highest BCUT2D eigenvalue weighted by Crippen LogP contribution is 2.30. The second-order valence-electron chi connectivity index (χ2n) is 15.8. The Kier molecular flexibility index (Phi) is 12.0. The van der Waals surface area contributed by atoms with Crippen LogP contribution in [0.1, 0.15) is 78.0 Å². The molecule has 0 aliphatic heterocycles. The first-order valence-electron chi connectivity index (χ1n) is 20.5. The lowest BCUT2D eigenvalue weighted by molar-refractivity contribution is 0.0535. The van der Waals surface area contributed by atoms with Crippen molar-refractivity contribution >= 4 is 11.0 Å². The molecule has 0 spiro atoms. The number of fused-ring (bicyclic) bond motifs is 2. The Balaban J connectivity index is 0.921. The molecule has 0 aliphatic carbocycles. The summed E-state index contributed by atoms with van der Waals surface area (Å²) in [5.41, 5.74) is 7.89. The zero-order chi connectivity index (χ0) is 41.9. The Hall–Kier alpha value is -6.08. The van der Waals surface area contributed by atoms with Crippen molar-refractivity contribution < 1.29 is 20.1 Å². The van der Waals surface area contributed by atoms with Gasteiger partial charge < -0.3 is 20.1 Å². The fraction of sp³-hybridized carbons (Fsp3) is 0.429. The van der Waals surface area contributed by atoms with E-state index in [0.717, 1.165) is 57.5 Å². The molecule has 60 heavy (non-hydrogen) atoms. The summed E-state index contributed by atoms with van der Waals surface area (Å²) in [6, 6.07) is 3.38. The molecule has 8 rings (SSSR count). The van der Waals surface area contributed by atoms with Crippen LogP contribution in [0.4, 0.5) is 0 Å². The Morgan fingerprint density at radius 1 is 0.617 bits per heavy atom. The minimum atomic E-state index is -0.938. The lowest BCUT2D eigenvalue weighted by atomic mass is 10.1. The number of aromatic nitrogens is 14. The fourth-order valence-electron chi connectivity index (χ4n) is 7.58. The van der Waals surface area contributed by atoms with Crippen molar-refractivity contribution in [1.82, 2.24) is 68.3 Å². The van der Waals surface area contributed by atoms with Gasteiger partial charge in [0.05, 0.1) is 127 Å². The van der Waals surface area contributed by atoms with Crippen LogP contribution < -0.4 is 0 Å². The second kappa shape index (κ2) is 17.6. The van der Waals surface area contributed by atoms with Gasteiger partial charge in [-0.1, -0.05) is 20.8 Å². The third-order valence-electron chi connectivity index (χ3n) is 11.1. The number of aliphatic hydroxyl groups excluding tert-OH is 3. The van der Waals surface area contributed by atoms with Crippen molar-refractivity contribution in [3.8, 4) is 45.0 Å². The SMILES string of the molecule is CCC(CCOCC(CO)n1cc(-c2cn3nccc3c(-c3cnn([C@H](C)CC(C)C)c3)n2)cn1)n1cc(-c2nc(-c3cnn([C@@H](C)[C@H](O)CO)c3)cn3nccc23)cn1. The van der Waals surface area contributed by atoms with Gasteiger partial charge in [-0.05, 0) is 51.2 Å². The Morgan fingerprint density at radius 2 is 1.13 bits per heavy atom. The molecule has 0 saturated carbocycles. The maximum absolute atomic E-state index is 10.4. The van der Waals surface area contributed by atoms with Crippen molar-refractivity contribution in [3.63, 3.8) is 0 Å². The van der Waals surface area contributed by atoms with E-state index in [4.69, 9.17) is 19.8 Å². The van der Waals surface area contributed by atoms with Crippen LogP contribution in [0.25, 0.3) is 56.1 Å². The maximum Gasteiger partial charge on any atom is 0.0999 e. The van der Waals surface area contributed by atoms with E-state index < -0.39 is 18.2 Å². The predicted octanol–water partition coefficient (Wildman–Crippen LogP) is 5.34. The number of ether oxygens (including phenoxy) is 1. The Labute approximate surface area is 346 Å².